The van der Waals surface area contributed by atoms with Gasteiger partial charge in [0.05, 0.1) is 12.8 Å². The van der Waals surface area contributed by atoms with Crippen LogP contribution < -0.4 is 4.74 Å². The first kappa shape index (κ1) is 21.7. The second kappa shape index (κ2) is 10.6. The fourth-order valence-corrected chi connectivity index (χ4v) is 3.53. The molecule has 0 N–H and O–H groups in total. The molecule has 0 saturated heterocycles. The van der Waals surface area contributed by atoms with E-state index in [0.29, 0.717) is 18.4 Å². The van der Waals surface area contributed by atoms with Gasteiger partial charge in [0.25, 0.3) is 0 Å². The highest BCUT2D eigenvalue weighted by atomic mass is 16.5. The predicted molar refractivity (Wildman–Crippen MR) is 105 cm³/mol. The summed E-state index contributed by atoms with van der Waals surface area (Å²) in [6.45, 7) is 13.4. The molecule has 0 spiro atoms. The molecule has 0 aliphatic heterocycles. The number of carbonyl (C=O) groups excluding carboxylic acids is 1. The fraction of sp³-hybridized carbons (Fsp3) is 0.727. The van der Waals surface area contributed by atoms with Gasteiger partial charge in [-0.1, -0.05) is 40.5 Å². The molecule has 0 atom stereocenters. The van der Waals surface area contributed by atoms with Gasteiger partial charge in [-0.25, -0.2) is 0 Å². The summed E-state index contributed by atoms with van der Waals surface area (Å²) < 4.78 is 5.51. The number of aryl methyl sites for hydroxylation is 2. The zero-order valence-electron chi connectivity index (χ0n) is 17.2. The molecule has 2 rings (SSSR count). The van der Waals surface area contributed by atoms with Crippen molar-refractivity contribution in [3.63, 3.8) is 0 Å². The minimum absolute atomic E-state index is 0.208. The first-order chi connectivity index (χ1) is 11.8. The van der Waals surface area contributed by atoms with Crippen molar-refractivity contribution < 1.29 is 9.53 Å². The third-order valence-electron chi connectivity index (χ3n) is 4.77. The summed E-state index contributed by atoms with van der Waals surface area (Å²) in [7, 11) is 0. The molecule has 1 fully saturated rings. The number of pyridine rings is 1. The van der Waals surface area contributed by atoms with Crippen molar-refractivity contribution in [2.75, 3.05) is 6.61 Å². The van der Waals surface area contributed by atoms with Crippen LogP contribution in [0.4, 0.5) is 0 Å². The third kappa shape index (κ3) is 8.51. The van der Waals surface area contributed by atoms with Crippen LogP contribution in [0, 0.1) is 18.3 Å². The number of ketones is 1. The van der Waals surface area contributed by atoms with E-state index in [-0.39, 0.29) is 5.78 Å². The van der Waals surface area contributed by atoms with E-state index in [4.69, 9.17) is 4.74 Å². The highest BCUT2D eigenvalue weighted by Crippen LogP contribution is 2.46. The summed E-state index contributed by atoms with van der Waals surface area (Å²) >= 11 is 0. The molecule has 3 nitrogen and oxygen atoms in total. The Morgan fingerprint density at radius 3 is 2.48 bits per heavy atom. The van der Waals surface area contributed by atoms with Gasteiger partial charge in [-0.15, -0.1) is 0 Å². The van der Waals surface area contributed by atoms with E-state index in [0.717, 1.165) is 35.8 Å². The lowest BCUT2D eigenvalue weighted by Crippen LogP contribution is -2.31. The Labute approximate surface area is 154 Å². The van der Waals surface area contributed by atoms with Crippen molar-refractivity contribution in [2.24, 2.45) is 11.3 Å². The first-order valence-corrected chi connectivity index (χ1v) is 9.85. The van der Waals surface area contributed by atoms with E-state index >= 15 is 0 Å². The second-order valence-corrected chi connectivity index (χ2v) is 8.19. The molecular formula is C22H37NO2. The van der Waals surface area contributed by atoms with E-state index in [1.807, 2.05) is 13.0 Å². The Morgan fingerprint density at radius 2 is 1.96 bits per heavy atom. The van der Waals surface area contributed by atoms with E-state index in [1.54, 1.807) is 13.1 Å². The van der Waals surface area contributed by atoms with Gasteiger partial charge in [0.15, 0.2) is 0 Å². The highest BCUT2D eigenvalue weighted by molar-refractivity contribution is 5.75. The normalized spacial score (nSPS) is 15.8. The van der Waals surface area contributed by atoms with Crippen molar-refractivity contribution in [3.05, 3.63) is 23.5 Å². The molecule has 25 heavy (non-hydrogen) atoms. The van der Waals surface area contributed by atoms with Gasteiger partial charge in [0.1, 0.15) is 11.5 Å². The van der Waals surface area contributed by atoms with Crippen LogP contribution in [-0.4, -0.2) is 17.4 Å². The first-order valence-electron chi connectivity index (χ1n) is 9.85. The summed E-state index contributed by atoms with van der Waals surface area (Å²) in [6.07, 6.45) is 9.82. The van der Waals surface area contributed by atoms with E-state index < -0.39 is 0 Å². The van der Waals surface area contributed by atoms with Crippen LogP contribution in [0.5, 0.6) is 5.75 Å². The van der Waals surface area contributed by atoms with Gasteiger partial charge >= 0.3 is 0 Å². The molecule has 0 bridgehead atoms. The Kier molecular flexibility index (Phi) is 9.16. The molecule has 0 radical (unpaired) electrons. The van der Waals surface area contributed by atoms with Gasteiger partial charge in [-0.2, -0.15) is 0 Å². The monoisotopic (exact) mass is 347 g/mol. The minimum Gasteiger partial charge on any atom is -0.492 e. The summed E-state index contributed by atoms with van der Waals surface area (Å²) in [5.41, 5.74) is 2.77. The lowest BCUT2D eigenvalue weighted by atomic mass is 9.63. The average Bonchev–Trinajstić information content (AvgIpc) is 2.52. The van der Waals surface area contributed by atoms with Crippen LogP contribution in [-0.2, 0) is 11.2 Å². The van der Waals surface area contributed by atoms with Gasteiger partial charge in [-0.3, -0.25) is 4.98 Å². The lowest BCUT2D eigenvalue weighted by Gasteiger charge is -2.42. The number of hydrogen-bond acceptors (Lipinski definition) is 3. The van der Waals surface area contributed by atoms with Gasteiger partial charge < -0.3 is 9.53 Å². The summed E-state index contributed by atoms with van der Waals surface area (Å²) in [5.74, 6) is 2.08. The Balaban J connectivity index is 0.000000293. The molecule has 1 aromatic rings. The minimum atomic E-state index is 0.208. The van der Waals surface area contributed by atoms with E-state index in [1.165, 1.54) is 25.7 Å². The molecule has 1 aromatic heterocycles. The van der Waals surface area contributed by atoms with Crippen molar-refractivity contribution in [2.45, 2.75) is 86.5 Å². The summed E-state index contributed by atoms with van der Waals surface area (Å²) in [4.78, 5) is 15.2. The molecule has 0 aromatic carbocycles. The van der Waals surface area contributed by atoms with E-state index in [2.05, 4.69) is 32.7 Å². The van der Waals surface area contributed by atoms with Crippen molar-refractivity contribution in [1.29, 1.82) is 0 Å². The van der Waals surface area contributed by atoms with Crippen LogP contribution in [0.3, 0.4) is 0 Å². The SMILES string of the molecule is CCCC1CC(C)(C)C1.CCCOc1cnc(C)c(CCC(C)=O)c1. The topological polar surface area (TPSA) is 39.2 Å². The van der Waals surface area contributed by atoms with Crippen LogP contribution in [0.1, 0.15) is 84.4 Å². The quantitative estimate of drug-likeness (QED) is 0.585. The molecule has 3 heteroatoms. The zero-order chi connectivity index (χ0) is 18.9. The maximum atomic E-state index is 10.9. The van der Waals surface area contributed by atoms with Crippen LogP contribution in [0.25, 0.3) is 0 Å². The zero-order valence-corrected chi connectivity index (χ0v) is 17.2. The number of hydrogen-bond donors (Lipinski definition) is 0. The Bertz CT molecular complexity index is 529. The molecule has 1 heterocycles. The molecule has 1 aliphatic rings. The smallest absolute Gasteiger partial charge is 0.137 e. The fourth-order valence-electron chi connectivity index (χ4n) is 3.53. The largest absolute Gasteiger partial charge is 0.492 e. The van der Waals surface area contributed by atoms with Gasteiger partial charge in [0, 0.05) is 12.1 Å². The van der Waals surface area contributed by atoms with Gasteiger partial charge in [-0.05, 0) is 62.5 Å². The maximum absolute atomic E-state index is 10.9. The second-order valence-electron chi connectivity index (χ2n) is 8.19. The highest BCUT2D eigenvalue weighted by Gasteiger charge is 2.34. The van der Waals surface area contributed by atoms with Crippen molar-refractivity contribution in [1.82, 2.24) is 4.98 Å². The maximum Gasteiger partial charge on any atom is 0.137 e. The Morgan fingerprint density at radius 1 is 1.28 bits per heavy atom. The van der Waals surface area contributed by atoms with Crippen molar-refractivity contribution >= 4 is 5.78 Å². The number of aromatic nitrogens is 1. The molecule has 1 saturated carbocycles. The number of carbonyl (C=O) groups is 1. The summed E-state index contributed by atoms with van der Waals surface area (Å²) in [6, 6.07) is 1.99. The van der Waals surface area contributed by atoms with Crippen molar-refractivity contribution in [3.8, 4) is 5.75 Å². The number of nitrogens with zero attached hydrogens (tertiary/aromatic N) is 1. The molecular weight excluding hydrogens is 310 g/mol. The molecule has 142 valence electrons. The molecule has 0 unspecified atom stereocenters. The number of ether oxygens (including phenoxy) is 1. The standard InChI is InChI=1S/C13H19NO2.C9H18/c1-4-7-16-13-8-12(6-5-10(2)15)11(3)14-9-13;1-4-5-8-6-9(2,3)7-8/h8-9H,4-7H2,1-3H3;8H,4-7H2,1-3H3. The van der Waals surface area contributed by atoms with Crippen LogP contribution in [0.2, 0.25) is 0 Å². The van der Waals surface area contributed by atoms with Gasteiger partial charge in [0.2, 0.25) is 0 Å². The summed E-state index contributed by atoms with van der Waals surface area (Å²) in [5, 5.41) is 0. The third-order valence-corrected chi connectivity index (χ3v) is 4.77. The average molecular weight is 348 g/mol. The predicted octanol–water partition coefficient (Wildman–Crippen LogP) is 5.92. The lowest BCUT2D eigenvalue weighted by molar-refractivity contribution is -0.116. The molecule has 0 amide bonds. The van der Waals surface area contributed by atoms with Crippen LogP contribution >= 0.6 is 0 Å². The van der Waals surface area contributed by atoms with Crippen LogP contribution in [0.15, 0.2) is 12.3 Å². The number of Topliss-reactive ketones (excluding diaryl/α,β-unsaturated/α-hetero) is 1. The number of rotatable bonds is 8. The van der Waals surface area contributed by atoms with E-state index in [9.17, 15) is 4.79 Å². The Hall–Kier alpha value is -1.38. The molecule has 1 aliphatic carbocycles.